The first kappa shape index (κ1) is 21.7. The Bertz CT molecular complexity index is 1280. The Morgan fingerprint density at radius 3 is 2.82 bits per heavy atom. The van der Waals surface area contributed by atoms with Crippen molar-refractivity contribution in [1.82, 2.24) is 24.9 Å². The zero-order chi connectivity index (χ0) is 22.8. The van der Waals surface area contributed by atoms with Gasteiger partial charge in [0, 0.05) is 24.1 Å². The summed E-state index contributed by atoms with van der Waals surface area (Å²) in [5.74, 6) is 1.43. The molecule has 33 heavy (non-hydrogen) atoms. The molecule has 0 bridgehead atoms. The largest absolute Gasteiger partial charge is 0.497 e. The molecule has 1 fully saturated rings. The second kappa shape index (κ2) is 9.36. The highest BCUT2D eigenvalue weighted by atomic mass is 32.2. The van der Waals surface area contributed by atoms with Crippen molar-refractivity contribution in [3.8, 4) is 17.1 Å². The number of amides is 1. The van der Waals surface area contributed by atoms with E-state index in [2.05, 4.69) is 15.5 Å². The molecule has 5 rings (SSSR count). The van der Waals surface area contributed by atoms with E-state index in [4.69, 9.17) is 14.5 Å². The van der Waals surface area contributed by atoms with E-state index in [1.54, 1.807) is 7.11 Å². The van der Waals surface area contributed by atoms with Gasteiger partial charge in [-0.15, -0.1) is 10.2 Å². The minimum Gasteiger partial charge on any atom is -0.497 e. The van der Waals surface area contributed by atoms with E-state index in [-0.39, 0.29) is 17.3 Å². The smallest absolute Gasteiger partial charge is 0.233 e. The van der Waals surface area contributed by atoms with E-state index in [9.17, 15) is 4.79 Å². The summed E-state index contributed by atoms with van der Waals surface area (Å²) in [5, 5.41) is 13.1. The Balaban J connectivity index is 1.49. The van der Waals surface area contributed by atoms with Crippen LogP contribution >= 0.6 is 11.8 Å². The van der Waals surface area contributed by atoms with Crippen molar-refractivity contribution < 1.29 is 14.3 Å². The second-order valence-electron chi connectivity index (χ2n) is 7.96. The van der Waals surface area contributed by atoms with Crippen LogP contribution in [0.15, 0.2) is 53.7 Å². The standard InChI is InChI=1S/C24H25N5O3S/c1-15(23(30)25-14-18-6-5-13-32-18)33-24-28-27-22-19-7-3-4-8-20(19)26-21(29(22)24)16-9-11-17(31-2)12-10-16/h3-4,7-12,15,18H,5-6,13-14H2,1-2H3,(H,25,30)/t15-,18+/m0/s1. The van der Waals surface area contributed by atoms with Crippen LogP contribution in [0, 0.1) is 0 Å². The summed E-state index contributed by atoms with van der Waals surface area (Å²) in [6.07, 6.45) is 2.14. The lowest BCUT2D eigenvalue weighted by Crippen LogP contribution is -2.36. The maximum absolute atomic E-state index is 12.7. The molecule has 2 aromatic heterocycles. The average Bonchev–Trinajstić information content (AvgIpc) is 3.52. The SMILES string of the molecule is COc1ccc(-c2nc3ccccc3c3nnc(S[C@@H](C)C(=O)NC[C@H]4CCCO4)n23)cc1. The summed E-state index contributed by atoms with van der Waals surface area (Å²) in [4.78, 5) is 17.6. The molecule has 0 unspecified atom stereocenters. The van der Waals surface area contributed by atoms with E-state index in [1.807, 2.05) is 59.9 Å². The van der Waals surface area contributed by atoms with Crippen molar-refractivity contribution >= 4 is 34.2 Å². The second-order valence-corrected chi connectivity index (χ2v) is 9.27. The zero-order valence-corrected chi connectivity index (χ0v) is 19.3. The van der Waals surface area contributed by atoms with Crippen LogP contribution in [0.5, 0.6) is 5.75 Å². The van der Waals surface area contributed by atoms with Crippen LogP contribution in [0.4, 0.5) is 0 Å². The molecule has 2 atom stereocenters. The highest BCUT2D eigenvalue weighted by Gasteiger charge is 2.23. The molecule has 1 saturated heterocycles. The van der Waals surface area contributed by atoms with E-state index in [1.165, 1.54) is 11.8 Å². The topological polar surface area (TPSA) is 90.6 Å². The third kappa shape index (κ3) is 4.38. The van der Waals surface area contributed by atoms with Crippen molar-refractivity contribution in [2.45, 2.75) is 36.3 Å². The quantitative estimate of drug-likeness (QED) is 0.418. The number of methoxy groups -OCH3 is 1. The molecule has 9 heteroatoms. The molecule has 0 saturated carbocycles. The van der Waals surface area contributed by atoms with Crippen molar-refractivity contribution in [3.63, 3.8) is 0 Å². The molecule has 170 valence electrons. The number of aromatic nitrogens is 4. The summed E-state index contributed by atoms with van der Waals surface area (Å²) in [6.45, 7) is 3.18. The first-order valence-corrected chi connectivity index (χ1v) is 11.9. The van der Waals surface area contributed by atoms with Gasteiger partial charge in [-0.1, -0.05) is 23.9 Å². The van der Waals surface area contributed by atoms with Crippen molar-refractivity contribution in [1.29, 1.82) is 0 Å². The van der Waals surface area contributed by atoms with Crippen LogP contribution in [-0.4, -0.2) is 57.1 Å². The van der Waals surface area contributed by atoms with Gasteiger partial charge in [-0.25, -0.2) is 4.98 Å². The van der Waals surface area contributed by atoms with E-state index in [0.29, 0.717) is 23.2 Å². The Morgan fingerprint density at radius 2 is 2.06 bits per heavy atom. The monoisotopic (exact) mass is 463 g/mol. The Hall–Kier alpha value is -3.17. The molecule has 4 aromatic rings. The number of hydrogen-bond acceptors (Lipinski definition) is 7. The zero-order valence-electron chi connectivity index (χ0n) is 18.5. The predicted octanol–water partition coefficient (Wildman–Crippen LogP) is 3.73. The Kier molecular flexibility index (Phi) is 6.15. The predicted molar refractivity (Wildman–Crippen MR) is 128 cm³/mol. The maximum atomic E-state index is 12.7. The number of hydrogen-bond donors (Lipinski definition) is 1. The third-order valence-electron chi connectivity index (χ3n) is 5.74. The van der Waals surface area contributed by atoms with Crippen LogP contribution in [-0.2, 0) is 9.53 Å². The number of carbonyl (C=O) groups is 1. The summed E-state index contributed by atoms with van der Waals surface area (Å²) < 4.78 is 12.8. The molecular weight excluding hydrogens is 438 g/mol. The van der Waals surface area contributed by atoms with Gasteiger partial charge in [0.15, 0.2) is 10.8 Å². The third-order valence-corrected chi connectivity index (χ3v) is 6.79. The molecule has 1 amide bonds. The minimum absolute atomic E-state index is 0.0491. The minimum atomic E-state index is -0.353. The Labute approximate surface area is 195 Å². The molecule has 1 N–H and O–H groups in total. The van der Waals surface area contributed by atoms with Crippen molar-refractivity contribution in [2.75, 3.05) is 20.3 Å². The summed E-state index contributed by atoms with van der Waals surface area (Å²) in [7, 11) is 1.64. The van der Waals surface area contributed by atoms with Crippen LogP contribution in [0.2, 0.25) is 0 Å². The number of nitrogens with one attached hydrogen (secondary N) is 1. The molecule has 8 nitrogen and oxygen atoms in total. The fourth-order valence-corrected chi connectivity index (χ4v) is 4.82. The lowest BCUT2D eigenvalue weighted by atomic mass is 10.1. The molecule has 2 aromatic carbocycles. The lowest BCUT2D eigenvalue weighted by molar-refractivity contribution is -0.120. The number of fused-ring (bicyclic) bond motifs is 3. The van der Waals surface area contributed by atoms with Gasteiger partial charge in [0.25, 0.3) is 0 Å². The summed E-state index contributed by atoms with van der Waals surface area (Å²) >= 11 is 1.37. The maximum Gasteiger partial charge on any atom is 0.233 e. The molecule has 3 heterocycles. The van der Waals surface area contributed by atoms with Gasteiger partial charge in [-0.05, 0) is 56.2 Å². The fraction of sp³-hybridized carbons (Fsp3) is 0.333. The van der Waals surface area contributed by atoms with Crippen LogP contribution < -0.4 is 10.1 Å². The summed E-state index contributed by atoms with van der Waals surface area (Å²) in [6, 6.07) is 15.6. The highest BCUT2D eigenvalue weighted by Crippen LogP contribution is 2.31. The number of para-hydroxylation sites is 1. The van der Waals surface area contributed by atoms with Crippen molar-refractivity contribution in [3.05, 3.63) is 48.5 Å². The van der Waals surface area contributed by atoms with Crippen LogP contribution in [0.1, 0.15) is 19.8 Å². The van der Waals surface area contributed by atoms with Crippen LogP contribution in [0.25, 0.3) is 27.9 Å². The summed E-state index contributed by atoms with van der Waals surface area (Å²) in [5.41, 5.74) is 2.45. The molecule has 0 spiro atoms. The molecule has 0 radical (unpaired) electrons. The van der Waals surface area contributed by atoms with Gasteiger partial charge < -0.3 is 14.8 Å². The fourth-order valence-electron chi connectivity index (χ4n) is 3.94. The van der Waals surface area contributed by atoms with Gasteiger partial charge >= 0.3 is 0 Å². The average molecular weight is 464 g/mol. The number of thioether (sulfide) groups is 1. The first-order chi connectivity index (χ1) is 16.1. The number of benzene rings is 2. The molecular formula is C24H25N5O3S. The van der Waals surface area contributed by atoms with E-state index >= 15 is 0 Å². The highest BCUT2D eigenvalue weighted by molar-refractivity contribution is 8.00. The molecule has 0 aliphatic carbocycles. The first-order valence-electron chi connectivity index (χ1n) is 11.0. The molecule has 1 aliphatic rings. The number of rotatable bonds is 7. The van der Waals surface area contributed by atoms with E-state index < -0.39 is 0 Å². The van der Waals surface area contributed by atoms with Crippen molar-refractivity contribution in [2.24, 2.45) is 0 Å². The van der Waals surface area contributed by atoms with Crippen LogP contribution in [0.3, 0.4) is 0 Å². The number of nitrogens with zero attached hydrogens (tertiary/aromatic N) is 4. The van der Waals surface area contributed by atoms with Gasteiger partial charge in [-0.3, -0.25) is 9.20 Å². The van der Waals surface area contributed by atoms with Gasteiger partial charge in [0.1, 0.15) is 11.6 Å². The van der Waals surface area contributed by atoms with Gasteiger partial charge in [0.2, 0.25) is 5.91 Å². The van der Waals surface area contributed by atoms with Gasteiger partial charge in [-0.2, -0.15) is 0 Å². The van der Waals surface area contributed by atoms with E-state index in [0.717, 1.165) is 41.7 Å². The number of ether oxygens (including phenoxy) is 2. The van der Waals surface area contributed by atoms with Gasteiger partial charge in [0.05, 0.1) is 24.0 Å². The normalized spacial score (nSPS) is 16.8. The molecule has 1 aliphatic heterocycles. The Morgan fingerprint density at radius 1 is 1.24 bits per heavy atom. The number of carbonyl (C=O) groups excluding carboxylic acids is 1. The lowest BCUT2D eigenvalue weighted by Gasteiger charge is -2.15.